The summed E-state index contributed by atoms with van der Waals surface area (Å²) in [5.41, 5.74) is 2.65. The molecule has 0 N–H and O–H groups in total. The van der Waals surface area contributed by atoms with Crippen LogP contribution in [0.5, 0.6) is 0 Å². The van der Waals surface area contributed by atoms with Gasteiger partial charge in [0.2, 0.25) is 0 Å². The highest BCUT2D eigenvalue weighted by Gasteiger charge is 2.30. The van der Waals surface area contributed by atoms with Crippen molar-refractivity contribution in [2.45, 2.75) is 25.6 Å². The van der Waals surface area contributed by atoms with Gasteiger partial charge in [0.25, 0.3) is 5.91 Å². The van der Waals surface area contributed by atoms with Crippen molar-refractivity contribution >= 4 is 5.91 Å². The van der Waals surface area contributed by atoms with Crippen molar-refractivity contribution in [3.63, 3.8) is 0 Å². The third kappa shape index (κ3) is 4.99. The number of alkyl halides is 3. The van der Waals surface area contributed by atoms with Crippen molar-refractivity contribution in [2.24, 2.45) is 7.05 Å². The number of aromatic nitrogens is 3. The Balaban J connectivity index is 1.53. The molecule has 9 heteroatoms. The summed E-state index contributed by atoms with van der Waals surface area (Å²) < 4.78 is 46.6. The molecule has 0 unspecified atom stereocenters. The fourth-order valence-corrected chi connectivity index (χ4v) is 3.86. The summed E-state index contributed by atoms with van der Waals surface area (Å²) in [6.45, 7) is 3.01. The standard InChI is InChI=1S/C23H23F3N4O2/c1-15-8-17(9-16-4-3-5-19(10-16)23(24,25)26)11-20(28-15)21-14-30(6-7-32-21)22(31)18-12-27-29(2)13-18/h3-5,8,10-13,21H,6-7,9,14H2,1-2H3/t21-/m0/s1. The van der Waals surface area contributed by atoms with Crippen LogP contribution in [-0.2, 0) is 24.4 Å². The largest absolute Gasteiger partial charge is 0.416 e. The van der Waals surface area contributed by atoms with Gasteiger partial charge in [-0.25, -0.2) is 0 Å². The Morgan fingerprint density at radius 1 is 1.22 bits per heavy atom. The molecule has 0 radical (unpaired) electrons. The molecule has 3 aromatic rings. The predicted molar refractivity (Wildman–Crippen MR) is 111 cm³/mol. The molecule has 1 aromatic carbocycles. The second-order valence-corrected chi connectivity index (χ2v) is 7.93. The summed E-state index contributed by atoms with van der Waals surface area (Å²) in [6, 6.07) is 9.02. The number of halogens is 3. The van der Waals surface area contributed by atoms with Crippen molar-refractivity contribution < 1.29 is 22.7 Å². The molecule has 6 nitrogen and oxygen atoms in total. The van der Waals surface area contributed by atoms with Crippen molar-refractivity contribution in [2.75, 3.05) is 19.7 Å². The normalized spacial score (nSPS) is 16.9. The molecular formula is C23H23F3N4O2. The number of nitrogens with zero attached hydrogens (tertiary/aromatic N) is 4. The lowest BCUT2D eigenvalue weighted by atomic mass is 10.0. The number of rotatable bonds is 4. The van der Waals surface area contributed by atoms with Crippen LogP contribution in [0.4, 0.5) is 13.2 Å². The van der Waals surface area contributed by atoms with Crippen molar-refractivity contribution in [3.05, 3.63) is 82.4 Å². The first-order valence-electron chi connectivity index (χ1n) is 10.2. The minimum Gasteiger partial charge on any atom is -0.368 e. The molecule has 1 amide bonds. The monoisotopic (exact) mass is 444 g/mol. The minimum atomic E-state index is -4.38. The second-order valence-electron chi connectivity index (χ2n) is 7.93. The Kier molecular flexibility index (Phi) is 6.01. The van der Waals surface area contributed by atoms with Crippen LogP contribution in [0.25, 0.3) is 0 Å². The van der Waals surface area contributed by atoms with E-state index in [9.17, 15) is 18.0 Å². The summed E-state index contributed by atoms with van der Waals surface area (Å²) in [7, 11) is 1.75. The van der Waals surface area contributed by atoms with Gasteiger partial charge in [0.05, 0.1) is 36.2 Å². The molecule has 2 aromatic heterocycles. The highest BCUT2D eigenvalue weighted by atomic mass is 19.4. The maximum absolute atomic E-state index is 13.0. The number of pyridine rings is 1. The Labute approximate surface area is 183 Å². The Morgan fingerprint density at radius 3 is 2.75 bits per heavy atom. The van der Waals surface area contributed by atoms with Crippen LogP contribution >= 0.6 is 0 Å². The van der Waals surface area contributed by atoms with Gasteiger partial charge in [-0.3, -0.25) is 14.5 Å². The van der Waals surface area contributed by atoms with E-state index in [4.69, 9.17) is 4.74 Å². The topological polar surface area (TPSA) is 60.2 Å². The first-order chi connectivity index (χ1) is 15.2. The van der Waals surface area contributed by atoms with Crippen LogP contribution in [0, 0.1) is 6.92 Å². The van der Waals surface area contributed by atoms with Gasteiger partial charge >= 0.3 is 6.18 Å². The van der Waals surface area contributed by atoms with E-state index in [0.29, 0.717) is 42.9 Å². The first kappa shape index (κ1) is 22.0. The minimum absolute atomic E-state index is 0.122. The molecule has 0 saturated carbocycles. The third-order valence-corrected chi connectivity index (χ3v) is 5.33. The Bertz CT molecular complexity index is 1130. The van der Waals surface area contributed by atoms with Crippen molar-refractivity contribution in [1.29, 1.82) is 0 Å². The fourth-order valence-electron chi connectivity index (χ4n) is 3.86. The molecule has 1 aliphatic rings. The van der Waals surface area contributed by atoms with Crippen LogP contribution in [0.1, 0.15) is 44.5 Å². The molecule has 1 aliphatic heterocycles. The van der Waals surface area contributed by atoms with Crippen LogP contribution in [-0.4, -0.2) is 45.3 Å². The van der Waals surface area contributed by atoms with E-state index in [-0.39, 0.29) is 5.91 Å². The number of carbonyl (C=O) groups excluding carboxylic acids is 1. The predicted octanol–water partition coefficient (Wildman–Crippen LogP) is 3.95. The van der Waals surface area contributed by atoms with Gasteiger partial charge in [0, 0.05) is 25.5 Å². The third-order valence-electron chi connectivity index (χ3n) is 5.33. The number of carbonyl (C=O) groups is 1. The number of amides is 1. The van der Waals surface area contributed by atoms with Crippen LogP contribution in [0.3, 0.4) is 0 Å². The van der Waals surface area contributed by atoms with Crippen molar-refractivity contribution in [1.82, 2.24) is 19.7 Å². The molecule has 0 spiro atoms. The number of ether oxygens (including phenoxy) is 1. The van der Waals surface area contributed by atoms with Gasteiger partial charge < -0.3 is 9.64 Å². The molecule has 32 heavy (non-hydrogen) atoms. The van der Waals surface area contributed by atoms with E-state index in [0.717, 1.165) is 17.3 Å². The summed E-state index contributed by atoms with van der Waals surface area (Å²) in [5.74, 6) is -0.122. The molecular weight excluding hydrogens is 421 g/mol. The van der Waals surface area contributed by atoms with E-state index in [1.165, 1.54) is 18.3 Å². The van der Waals surface area contributed by atoms with E-state index < -0.39 is 17.8 Å². The summed E-state index contributed by atoms with van der Waals surface area (Å²) in [5, 5.41) is 4.05. The van der Waals surface area contributed by atoms with Gasteiger partial charge in [-0.05, 0) is 42.7 Å². The summed E-state index contributed by atoms with van der Waals surface area (Å²) >= 11 is 0. The number of hydrogen-bond acceptors (Lipinski definition) is 4. The van der Waals surface area contributed by atoms with Gasteiger partial charge in [-0.2, -0.15) is 18.3 Å². The fraction of sp³-hybridized carbons (Fsp3) is 0.348. The Morgan fingerprint density at radius 2 is 2.03 bits per heavy atom. The highest BCUT2D eigenvalue weighted by molar-refractivity contribution is 5.93. The maximum Gasteiger partial charge on any atom is 0.416 e. The highest BCUT2D eigenvalue weighted by Crippen LogP contribution is 2.30. The molecule has 168 valence electrons. The quantitative estimate of drug-likeness (QED) is 0.612. The number of morpholine rings is 1. The van der Waals surface area contributed by atoms with Crippen molar-refractivity contribution in [3.8, 4) is 0 Å². The smallest absolute Gasteiger partial charge is 0.368 e. The average Bonchev–Trinajstić information content (AvgIpc) is 3.19. The summed E-state index contributed by atoms with van der Waals surface area (Å²) in [6.07, 6.45) is -1.25. The van der Waals surface area contributed by atoms with Crippen LogP contribution < -0.4 is 0 Å². The molecule has 1 atom stereocenters. The molecule has 0 aliphatic carbocycles. The lowest BCUT2D eigenvalue weighted by molar-refractivity contribution is -0.137. The zero-order valence-corrected chi connectivity index (χ0v) is 17.8. The SMILES string of the molecule is Cc1cc(Cc2cccc(C(F)(F)F)c2)cc([C@@H]2CN(C(=O)c3cnn(C)c3)CCO2)n1. The maximum atomic E-state index is 13.0. The number of hydrogen-bond donors (Lipinski definition) is 0. The zero-order chi connectivity index (χ0) is 22.9. The van der Waals surface area contributed by atoms with Crippen LogP contribution in [0.2, 0.25) is 0 Å². The first-order valence-corrected chi connectivity index (χ1v) is 10.2. The lowest BCUT2D eigenvalue weighted by Crippen LogP contribution is -2.42. The summed E-state index contributed by atoms with van der Waals surface area (Å²) in [4.78, 5) is 19.1. The van der Waals surface area contributed by atoms with Gasteiger partial charge in [-0.1, -0.05) is 18.2 Å². The van der Waals surface area contributed by atoms with Crippen LogP contribution in [0.15, 0.2) is 48.8 Å². The number of aryl methyl sites for hydroxylation is 2. The van der Waals surface area contributed by atoms with Gasteiger partial charge in [-0.15, -0.1) is 0 Å². The Hall–Kier alpha value is -3.20. The molecule has 0 bridgehead atoms. The van der Waals surface area contributed by atoms with E-state index in [1.807, 2.05) is 19.1 Å². The van der Waals surface area contributed by atoms with E-state index in [1.54, 1.807) is 28.9 Å². The number of benzene rings is 1. The average molecular weight is 444 g/mol. The van der Waals surface area contributed by atoms with Gasteiger partial charge in [0.15, 0.2) is 0 Å². The molecule has 1 fully saturated rings. The molecule has 4 rings (SSSR count). The lowest BCUT2D eigenvalue weighted by Gasteiger charge is -2.32. The molecule has 3 heterocycles. The van der Waals surface area contributed by atoms with E-state index >= 15 is 0 Å². The second kappa shape index (κ2) is 8.74. The van der Waals surface area contributed by atoms with Gasteiger partial charge in [0.1, 0.15) is 6.10 Å². The molecule has 1 saturated heterocycles. The van der Waals surface area contributed by atoms with E-state index in [2.05, 4.69) is 10.1 Å². The zero-order valence-electron chi connectivity index (χ0n) is 17.8.